The summed E-state index contributed by atoms with van der Waals surface area (Å²) in [4.78, 5) is 47.0. The Morgan fingerprint density at radius 2 is 1.79 bits per heavy atom. The topological polar surface area (TPSA) is 279 Å². The number of nitrogen functional groups attached to an aromatic ring is 1. The molecule has 2 unspecified atom stereocenters. The number of anilines is 1. The number of aliphatic hydroxyl groups is 2. The van der Waals surface area contributed by atoms with E-state index in [1.54, 1.807) is 0 Å². The first kappa shape index (κ1) is 27.8. The highest BCUT2D eigenvalue weighted by molar-refractivity contribution is 7.66. The molecule has 0 fully saturated rings. The molecule has 5 atom stereocenters. The molecule has 18 nitrogen and oxygen atoms in total. The number of hydrogen-bond acceptors (Lipinski definition) is 13. The van der Waals surface area contributed by atoms with Gasteiger partial charge in [0.25, 0.3) is 5.85 Å². The maximum atomic E-state index is 15.3. The van der Waals surface area contributed by atoms with Crippen molar-refractivity contribution in [1.82, 2.24) is 19.5 Å². The number of nitrogens with two attached hydrogens (primary N) is 1. The third kappa shape index (κ3) is 7.53. The Hall–Kier alpha value is -1.43. The monoisotopic (exact) mass is 541 g/mol. The summed E-state index contributed by atoms with van der Waals surface area (Å²) < 4.78 is 66.3. The Balaban J connectivity index is 2.21. The molecule has 33 heavy (non-hydrogen) atoms. The molecule has 188 valence electrons. The predicted molar refractivity (Wildman–Crippen MR) is 102 cm³/mol. The first-order valence-corrected chi connectivity index (χ1v) is 12.9. The third-order valence-electron chi connectivity index (χ3n) is 3.65. The van der Waals surface area contributed by atoms with Gasteiger partial charge in [0.2, 0.25) is 0 Å². The SMILES string of the molecule is C[C@H](O)[C@@](F)(COP(=O)(O)OP(=O)(O)OP(=O)(O)O)O[C@H](CO)n1cnc2c(N)ncnc21. The van der Waals surface area contributed by atoms with Crippen LogP contribution in [0.5, 0.6) is 0 Å². The van der Waals surface area contributed by atoms with Gasteiger partial charge in [-0.3, -0.25) is 9.09 Å². The van der Waals surface area contributed by atoms with Gasteiger partial charge in [-0.15, -0.1) is 0 Å². The zero-order valence-electron chi connectivity index (χ0n) is 16.4. The van der Waals surface area contributed by atoms with Crippen LogP contribution < -0.4 is 5.73 Å². The minimum Gasteiger partial charge on any atom is -0.392 e. The number of hydrogen-bond donors (Lipinski definition) is 7. The Morgan fingerprint density at radius 1 is 1.15 bits per heavy atom. The Kier molecular flexibility index (Phi) is 8.47. The van der Waals surface area contributed by atoms with Crippen molar-refractivity contribution in [3.05, 3.63) is 12.7 Å². The molecular formula is C11H19FN5O13P3. The van der Waals surface area contributed by atoms with Gasteiger partial charge < -0.3 is 40.3 Å². The molecule has 0 saturated carbocycles. The van der Waals surface area contributed by atoms with Gasteiger partial charge in [0.1, 0.15) is 24.6 Å². The normalized spacial score (nSPS) is 20.0. The standard InChI is InChI=1S/C11H19FN5O13P3/c1-6(19)11(12,3-27-32(23,24)30-33(25,26)29-31(20,21)22)28-7(2-18)17-5-16-8-9(13)14-4-15-10(8)17/h4-7,18-19H,2-3H2,1H3,(H,23,24)(H,25,26)(H2,13,14,15)(H2,20,21,22)/t6-,7+,11+/m0/s1. The number of aliphatic hydroxyl groups excluding tert-OH is 2. The second kappa shape index (κ2) is 10.1. The molecule has 0 aromatic carbocycles. The van der Waals surface area contributed by atoms with Crippen LogP contribution >= 0.6 is 23.5 Å². The lowest BCUT2D eigenvalue weighted by atomic mass is 10.2. The van der Waals surface area contributed by atoms with Crippen molar-refractivity contribution in [3.8, 4) is 0 Å². The lowest BCUT2D eigenvalue weighted by Gasteiger charge is -2.32. The molecule has 0 aliphatic rings. The van der Waals surface area contributed by atoms with Crippen LogP contribution in [0.1, 0.15) is 13.2 Å². The van der Waals surface area contributed by atoms with Gasteiger partial charge in [-0.2, -0.15) is 8.62 Å². The Labute approximate surface area is 183 Å². The number of phosphoric ester groups is 1. The van der Waals surface area contributed by atoms with Crippen molar-refractivity contribution in [1.29, 1.82) is 0 Å². The van der Waals surface area contributed by atoms with Gasteiger partial charge in [0.05, 0.1) is 12.9 Å². The summed E-state index contributed by atoms with van der Waals surface area (Å²) in [5.41, 5.74) is 5.68. The minimum absolute atomic E-state index is 0.0117. The second-order valence-corrected chi connectivity index (χ2v) is 10.6. The number of fused-ring (bicyclic) bond motifs is 1. The van der Waals surface area contributed by atoms with Crippen LogP contribution in [0, 0.1) is 0 Å². The fourth-order valence-electron chi connectivity index (χ4n) is 2.21. The van der Waals surface area contributed by atoms with E-state index in [0.29, 0.717) is 0 Å². The van der Waals surface area contributed by atoms with Crippen molar-refractivity contribution in [3.63, 3.8) is 0 Å². The van der Waals surface area contributed by atoms with Crippen molar-refractivity contribution in [2.45, 2.75) is 25.1 Å². The highest BCUT2D eigenvalue weighted by Gasteiger charge is 2.46. The average molecular weight is 541 g/mol. The van der Waals surface area contributed by atoms with E-state index in [1.165, 1.54) is 0 Å². The van der Waals surface area contributed by atoms with Crippen LogP contribution in [0.15, 0.2) is 12.7 Å². The summed E-state index contributed by atoms with van der Waals surface area (Å²) in [5.74, 6) is -3.42. The summed E-state index contributed by atoms with van der Waals surface area (Å²) >= 11 is 0. The third-order valence-corrected chi connectivity index (χ3v) is 7.43. The predicted octanol–water partition coefficient (Wildman–Crippen LogP) is -0.694. The van der Waals surface area contributed by atoms with E-state index in [2.05, 4.69) is 28.1 Å². The first-order chi connectivity index (χ1) is 15.0. The van der Waals surface area contributed by atoms with Gasteiger partial charge >= 0.3 is 23.5 Å². The molecule has 8 N–H and O–H groups in total. The van der Waals surface area contributed by atoms with E-state index in [9.17, 15) is 28.8 Å². The molecule has 0 bridgehead atoms. The van der Waals surface area contributed by atoms with E-state index in [-0.39, 0.29) is 17.0 Å². The summed E-state index contributed by atoms with van der Waals surface area (Å²) in [6.45, 7) is -1.75. The molecule has 0 aliphatic carbocycles. The lowest BCUT2D eigenvalue weighted by Crippen LogP contribution is -2.45. The van der Waals surface area contributed by atoms with E-state index in [4.69, 9.17) is 25.2 Å². The van der Waals surface area contributed by atoms with Crippen LogP contribution in [-0.2, 0) is 31.6 Å². The first-order valence-electron chi connectivity index (χ1n) is 8.35. The molecule has 2 aromatic heterocycles. The fourth-order valence-corrected chi connectivity index (χ4v) is 5.25. The number of phosphoric acid groups is 3. The van der Waals surface area contributed by atoms with Crippen LogP contribution in [0.25, 0.3) is 11.2 Å². The van der Waals surface area contributed by atoms with E-state index >= 15 is 4.39 Å². The highest BCUT2D eigenvalue weighted by Crippen LogP contribution is 2.66. The van der Waals surface area contributed by atoms with Crippen molar-refractivity contribution in [2.75, 3.05) is 18.9 Å². The molecule has 22 heteroatoms. The van der Waals surface area contributed by atoms with E-state index < -0.39 is 54.9 Å². The van der Waals surface area contributed by atoms with Crippen LogP contribution in [0.4, 0.5) is 10.2 Å². The number of aromatic nitrogens is 4. The van der Waals surface area contributed by atoms with Crippen molar-refractivity contribution >= 4 is 40.4 Å². The van der Waals surface area contributed by atoms with Crippen molar-refractivity contribution in [2.24, 2.45) is 0 Å². The zero-order valence-corrected chi connectivity index (χ0v) is 19.0. The van der Waals surface area contributed by atoms with Gasteiger partial charge in [0.15, 0.2) is 17.7 Å². The van der Waals surface area contributed by atoms with Gasteiger partial charge in [-0.1, -0.05) is 0 Å². The molecule has 0 saturated heterocycles. The minimum atomic E-state index is -5.85. The molecule has 2 heterocycles. The molecule has 0 amide bonds. The molecule has 0 radical (unpaired) electrons. The second-order valence-electron chi connectivity index (χ2n) is 6.16. The molecular weight excluding hydrogens is 522 g/mol. The Morgan fingerprint density at radius 3 is 2.33 bits per heavy atom. The number of imidazole rings is 1. The number of rotatable bonds is 12. The summed E-state index contributed by atoms with van der Waals surface area (Å²) in [6, 6.07) is 0. The van der Waals surface area contributed by atoms with Gasteiger partial charge in [-0.25, -0.2) is 33.0 Å². The maximum Gasteiger partial charge on any atom is 0.490 e. The number of nitrogens with zero attached hydrogens (tertiary/aromatic N) is 4. The summed E-state index contributed by atoms with van der Waals surface area (Å²) in [5, 5.41) is 19.4. The Bertz CT molecular complexity index is 1130. The van der Waals surface area contributed by atoms with E-state index in [0.717, 1.165) is 24.1 Å². The lowest BCUT2D eigenvalue weighted by molar-refractivity contribution is -0.263. The van der Waals surface area contributed by atoms with Crippen LogP contribution in [-0.4, -0.2) is 74.5 Å². The van der Waals surface area contributed by atoms with Crippen LogP contribution in [0.3, 0.4) is 0 Å². The molecule has 2 rings (SSSR count). The smallest absolute Gasteiger partial charge is 0.392 e. The van der Waals surface area contributed by atoms with E-state index in [1.807, 2.05) is 0 Å². The van der Waals surface area contributed by atoms with Crippen LogP contribution in [0.2, 0.25) is 0 Å². The fraction of sp³-hybridized carbons (Fsp3) is 0.545. The maximum absolute atomic E-state index is 15.3. The molecule has 0 spiro atoms. The average Bonchev–Trinajstić information content (AvgIpc) is 3.07. The number of ether oxygens (including phenoxy) is 1. The van der Waals surface area contributed by atoms with Gasteiger partial charge in [-0.05, 0) is 6.92 Å². The summed E-state index contributed by atoms with van der Waals surface area (Å²) in [6.07, 6.45) is -1.68. The zero-order chi connectivity index (χ0) is 25.2. The quantitative estimate of drug-likeness (QED) is 0.164. The largest absolute Gasteiger partial charge is 0.490 e. The molecule has 2 aromatic rings. The number of halogens is 1. The van der Waals surface area contributed by atoms with Gasteiger partial charge in [0, 0.05) is 0 Å². The number of alkyl halides is 1. The van der Waals surface area contributed by atoms with Crippen molar-refractivity contribution < 1.29 is 65.8 Å². The summed E-state index contributed by atoms with van der Waals surface area (Å²) in [7, 11) is -17.2. The highest BCUT2D eigenvalue weighted by atomic mass is 31.3. The molecule has 0 aliphatic heterocycles.